The first kappa shape index (κ1) is 17.9. The summed E-state index contributed by atoms with van der Waals surface area (Å²) in [7, 11) is 0. The van der Waals surface area contributed by atoms with Gasteiger partial charge in [-0.25, -0.2) is 0 Å². The quantitative estimate of drug-likeness (QED) is 0.772. The van der Waals surface area contributed by atoms with Crippen LogP contribution in [0.2, 0.25) is 0 Å². The van der Waals surface area contributed by atoms with E-state index in [1.165, 1.54) is 34.4 Å². The molecule has 0 aliphatic carbocycles. The molecule has 2 heterocycles. The molecular formula is C18H18F3NO2S. The molecule has 1 fully saturated rings. The van der Waals surface area contributed by atoms with Crippen molar-refractivity contribution in [3.8, 4) is 0 Å². The Bertz CT molecular complexity index is 709. The standard InChI is InChI=1S/C18H18F3NO2S/c19-18(20,21)16-8-2-1-7-15(16)17(23)22(11-13-5-3-9-24-13)12-14-6-4-10-25-14/h1-2,4,6-8,10,13H,3,5,9,11-12H2. The van der Waals surface area contributed by atoms with Crippen LogP contribution in [0, 0.1) is 0 Å². The Labute approximate surface area is 148 Å². The lowest BCUT2D eigenvalue weighted by molar-refractivity contribution is -0.138. The zero-order valence-electron chi connectivity index (χ0n) is 13.5. The van der Waals surface area contributed by atoms with E-state index in [2.05, 4.69) is 0 Å². The number of carbonyl (C=O) groups excluding carboxylic acids is 1. The van der Waals surface area contributed by atoms with Gasteiger partial charge in [0.2, 0.25) is 0 Å². The van der Waals surface area contributed by atoms with E-state index in [0.717, 1.165) is 23.8 Å². The number of hydrogen-bond donors (Lipinski definition) is 0. The molecule has 0 spiro atoms. The van der Waals surface area contributed by atoms with Gasteiger partial charge in [0.15, 0.2) is 0 Å². The first-order chi connectivity index (χ1) is 11.9. The number of ether oxygens (including phenoxy) is 1. The van der Waals surface area contributed by atoms with Gasteiger partial charge in [-0.05, 0) is 36.4 Å². The zero-order valence-corrected chi connectivity index (χ0v) is 14.3. The number of carbonyl (C=O) groups is 1. The molecule has 1 aromatic heterocycles. The molecule has 1 saturated heterocycles. The van der Waals surface area contributed by atoms with Crippen LogP contribution in [0.15, 0.2) is 41.8 Å². The predicted octanol–water partition coefficient (Wildman–Crippen LogP) is 4.59. The van der Waals surface area contributed by atoms with E-state index in [9.17, 15) is 18.0 Å². The topological polar surface area (TPSA) is 29.5 Å². The van der Waals surface area contributed by atoms with Gasteiger partial charge in [-0.1, -0.05) is 18.2 Å². The summed E-state index contributed by atoms with van der Waals surface area (Å²) in [6.45, 7) is 1.20. The Hall–Kier alpha value is -1.86. The molecule has 25 heavy (non-hydrogen) atoms. The summed E-state index contributed by atoms with van der Waals surface area (Å²) in [6, 6.07) is 8.67. The highest BCUT2D eigenvalue weighted by Crippen LogP contribution is 2.33. The van der Waals surface area contributed by atoms with Gasteiger partial charge in [0.05, 0.1) is 23.8 Å². The molecule has 3 nitrogen and oxygen atoms in total. The van der Waals surface area contributed by atoms with Crippen LogP contribution in [0.1, 0.15) is 33.6 Å². The van der Waals surface area contributed by atoms with Crippen molar-refractivity contribution in [1.29, 1.82) is 0 Å². The number of hydrogen-bond acceptors (Lipinski definition) is 3. The number of rotatable bonds is 5. The van der Waals surface area contributed by atoms with Gasteiger partial charge in [-0.15, -0.1) is 11.3 Å². The smallest absolute Gasteiger partial charge is 0.376 e. The van der Waals surface area contributed by atoms with Crippen LogP contribution < -0.4 is 0 Å². The summed E-state index contributed by atoms with van der Waals surface area (Å²) in [4.78, 5) is 15.3. The van der Waals surface area contributed by atoms with Crippen molar-refractivity contribution in [3.63, 3.8) is 0 Å². The summed E-state index contributed by atoms with van der Waals surface area (Å²) >= 11 is 1.47. The van der Waals surface area contributed by atoms with Gasteiger partial charge >= 0.3 is 6.18 Å². The lowest BCUT2D eigenvalue weighted by atomic mass is 10.1. The second-order valence-electron chi connectivity index (χ2n) is 5.94. The van der Waals surface area contributed by atoms with Crippen molar-refractivity contribution in [1.82, 2.24) is 4.90 Å². The van der Waals surface area contributed by atoms with Crippen molar-refractivity contribution in [2.75, 3.05) is 13.2 Å². The summed E-state index contributed by atoms with van der Waals surface area (Å²) < 4.78 is 45.4. The molecule has 0 radical (unpaired) electrons. The van der Waals surface area contributed by atoms with Crippen LogP contribution in [-0.2, 0) is 17.5 Å². The normalized spacial score (nSPS) is 17.6. The molecule has 1 aromatic carbocycles. The molecule has 2 aromatic rings. The largest absolute Gasteiger partial charge is 0.417 e. The van der Waals surface area contributed by atoms with Crippen LogP contribution in [0.4, 0.5) is 13.2 Å². The third-order valence-electron chi connectivity index (χ3n) is 4.12. The van der Waals surface area contributed by atoms with Crippen LogP contribution in [-0.4, -0.2) is 30.1 Å². The molecular weight excluding hydrogens is 351 g/mol. The van der Waals surface area contributed by atoms with Gasteiger partial charge in [0, 0.05) is 18.0 Å². The third-order valence-corrected chi connectivity index (χ3v) is 4.99. The number of nitrogens with zero attached hydrogens (tertiary/aromatic N) is 1. The minimum atomic E-state index is -4.56. The Kier molecular flexibility index (Phi) is 5.44. The Balaban J connectivity index is 1.88. The maximum Gasteiger partial charge on any atom is 0.417 e. The molecule has 3 rings (SSSR count). The summed E-state index contributed by atoms with van der Waals surface area (Å²) in [6.07, 6.45) is -2.97. The van der Waals surface area contributed by atoms with Crippen molar-refractivity contribution >= 4 is 17.2 Å². The minimum absolute atomic E-state index is 0.123. The molecule has 7 heteroatoms. The fourth-order valence-electron chi connectivity index (χ4n) is 2.93. The number of thiophene rings is 1. The summed E-state index contributed by atoms with van der Waals surface area (Å²) in [5, 5.41) is 1.88. The zero-order chi connectivity index (χ0) is 17.9. The van der Waals surface area contributed by atoms with Crippen molar-refractivity contribution in [3.05, 3.63) is 57.8 Å². The summed E-state index contributed by atoms with van der Waals surface area (Å²) in [5.41, 5.74) is -1.21. The van der Waals surface area contributed by atoms with E-state index >= 15 is 0 Å². The Morgan fingerprint density at radius 1 is 1.24 bits per heavy atom. The highest BCUT2D eigenvalue weighted by Gasteiger charge is 2.36. The molecule has 0 saturated carbocycles. The van der Waals surface area contributed by atoms with Crippen LogP contribution in [0.5, 0.6) is 0 Å². The van der Waals surface area contributed by atoms with E-state index < -0.39 is 17.6 Å². The van der Waals surface area contributed by atoms with E-state index in [1.54, 1.807) is 0 Å². The van der Waals surface area contributed by atoms with Gasteiger partial charge in [-0.2, -0.15) is 13.2 Å². The fourth-order valence-corrected chi connectivity index (χ4v) is 3.65. The molecule has 0 bridgehead atoms. The summed E-state index contributed by atoms with van der Waals surface area (Å²) in [5.74, 6) is -0.614. The van der Waals surface area contributed by atoms with Crippen molar-refractivity contribution in [2.24, 2.45) is 0 Å². The monoisotopic (exact) mass is 369 g/mol. The van der Waals surface area contributed by atoms with Gasteiger partial charge < -0.3 is 9.64 Å². The number of halogens is 3. The lowest BCUT2D eigenvalue weighted by Gasteiger charge is -2.26. The maximum absolute atomic E-state index is 13.3. The molecule has 0 N–H and O–H groups in total. The highest BCUT2D eigenvalue weighted by atomic mass is 32.1. The molecule has 1 amide bonds. The number of alkyl halides is 3. The van der Waals surface area contributed by atoms with E-state index in [1.807, 2.05) is 17.5 Å². The average molecular weight is 369 g/mol. The van der Waals surface area contributed by atoms with Gasteiger partial charge in [0.25, 0.3) is 5.91 Å². The van der Waals surface area contributed by atoms with Crippen LogP contribution in [0.3, 0.4) is 0 Å². The lowest BCUT2D eigenvalue weighted by Crippen LogP contribution is -2.37. The highest BCUT2D eigenvalue weighted by molar-refractivity contribution is 7.09. The maximum atomic E-state index is 13.3. The van der Waals surface area contributed by atoms with E-state index in [4.69, 9.17) is 4.74 Å². The third kappa shape index (κ3) is 4.41. The van der Waals surface area contributed by atoms with Crippen molar-refractivity contribution in [2.45, 2.75) is 31.7 Å². The molecule has 1 aliphatic rings. The molecule has 134 valence electrons. The second-order valence-corrected chi connectivity index (χ2v) is 6.98. The minimum Gasteiger partial charge on any atom is -0.376 e. The number of benzene rings is 1. The molecule has 1 atom stereocenters. The second kappa shape index (κ2) is 7.58. The van der Waals surface area contributed by atoms with E-state index in [0.29, 0.717) is 13.2 Å². The number of amides is 1. The van der Waals surface area contributed by atoms with Crippen LogP contribution >= 0.6 is 11.3 Å². The van der Waals surface area contributed by atoms with Crippen LogP contribution in [0.25, 0.3) is 0 Å². The Morgan fingerprint density at radius 2 is 2.04 bits per heavy atom. The molecule has 1 unspecified atom stereocenters. The van der Waals surface area contributed by atoms with Crippen molar-refractivity contribution < 1.29 is 22.7 Å². The first-order valence-corrected chi connectivity index (χ1v) is 8.92. The SMILES string of the molecule is O=C(c1ccccc1C(F)(F)F)N(Cc1cccs1)CC1CCCO1. The molecule has 1 aliphatic heterocycles. The first-order valence-electron chi connectivity index (χ1n) is 8.04. The van der Waals surface area contributed by atoms with Gasteiger partial charge in [0.1, 0.15) is 0 Å². The average Bonchev–Trinajstić information content (AvgIpc) is 3.26. The van der Waals surface area contributed by atoms with Gasteiger partial charge in [-0.3, -0.25) is 4.79 Å². The Morgan fingerprint density at radius 3 is 2.68 bits per heavy atom. The van der Waals surface area contributed by atoms with E-state index in [-0.39, 0.29) is 18.2 Å². The fraction of sp³-hybridized carbons (Fsp3) is 0.389. The predicted molar refractivity (Wildman–Crippen MR) is 89.5 cm³/mol.